The summed E-state index contributed by atoms with van der Waals surface area (Å²) in [6, 6.07) is 21.3. The number of nitrogens with one attached hydrogen (secondary N) is 2. The number of carbonyl (C=O) groups is 1. The summed E-state index contributed by atoms with van der Waals surface area (Å²) in [6.07, 6.45) is 12.5. The molecular formula is C36H37N10O+. The number of carbonyl (C=O) groups excluding carboxylic acids is 1. The van der Waals surface area contributed by atoms with Gasteiger partial charge >= 0.3 is 6.03 Å². The SMILES string of the molecule is CCC[C@H]1/C(=[N+](/C(=O)NCc2ccccc2)c2ccc(-c3cnn(C)c3)cn2)C1CCCNc1ncc(C#N)c(-c2ccccn2)n1. The van der Waals surface area contributed by atoms with Crippen LogP contribution in [0.25, 0.3) is 22.5 Å². The Labute approximate surface area is 274 Å². The lowest BCUT2D eigenvalue weighted by atomic mass is 10.1. The molecule has 1 aromatic carbocycles. The van der Waals surface area contributed by atoms with Crippen molar-refractivity contribution in [3.8, 4) is 28.6 Å². The first kappa shape index (κ1) is 31.2. The molecule has 236 valence electrons. The molecule has 5 aromatic rings. The van der Waals surface area contributed by atoms with Gasteiger partial charge in [0.05, 0.1) is 35.9 Å². The summed E-state index contributed by atoms with van der Waals surface area (Å²) >= 11 is 0. The molecule has 0 saturated heterocycles. The first-order valence-electron chi connectivity index (χ1n) is 15.9. The lowest BCUT2D eigenvalue weighted by Crippen LogP contribution is -2.32. The molecule has 2 amide bonds. The van der Waals surface area contributed by atoms with Gasteiger partial charge in [0, 0.05) is 55.0 Å². The number of anilines is 1. The van der Waals surface area contributed by atoms with Crippen molar-refractivity contribution in [2.75, 3.05) is 11.9 Å². The van der Waals surface area contributed by atoms with Crippen molar-refractivity contribution in [2.24, 2.45) is 18.9 Å². The number of hydrogen-bond donors (Lipinski definition) is 2. The fourth-order valence-electron chi connectivity index (χ4n) is 5.94. The first-order chi connectivity index (χ1) is 23.1. The number of aryl methyl sites for hydroxylation is 1. The number of benzene rings is 1. The van der Waals surface area contributed by atoms with Crippen molar-refractivity contribution < 1.29 is 9.37 Å². The molecule has 6 rings (SSSR count). The molecule has 0 aliphatic heterocycles. The molecule has 47 heavy (non-hydrogen) atoms. The zero-order valence-corrected chi connectivity index (χ0v) is 26.5. The Morgan fingerprint density at radius 1 is 0.957 bits per heavy atom. The van der Waals surface area contributed by atoms with Crippen LogP contribution in [0.4, 0.5) is 16.6 Å². The molecule has 4 heterocycles. The molecule has 0 spiro atoms. The topological polar surface area (TPSA) is 137 Å². The lowest BCUT2D eigenvalue weighted by Gasteiger charge is -2.08. The Bertz CT molecular complexity index is 1900. The van der Waals surface area contributed by atoms with Crippen molar-refractivity contribution in [3.05, 3.63) is 103 Å². The standard InChI is InChI=1S/C36H36N10O/c1-3-10-29-30(13-9-18-39-35-41-22-27(19-37)33(44-35)31-14-7-8-17-38-31)34(29)46(36(47)42-20-25-11-5-4-6-12-25)32-16-15-26(21-40-32)28-23-43-45(2)24-28/h4-8,11-12,14-17,21-24,29-30H,3,9-10,13,18,20H2,1-2H3,(H-,39,41,42,44,47)/p+1/b46-34-/t29-,30?/m1/s1. The summed E-state index contributed by atoms with van der Waals surface area (Å²) in [5.41, 5.74) is 5.56. The molecule has 2 N–H and O–H groups in total. The quantitative estimate of drug-likeness (QED) is 0.125. The van der Waals surface area contributed by atoms with Gasteiger partial charge in [0.25, 0.3) is 5.82 Å². The van der Waals surface area contributed by atoms with Gasteiger partial charge in [-0.1, -0.05) is 49.7 Å². The Morgan fingerprint density at radius 2 is 1.79 bits per heavy atom. The van der Waals surface area contributed by atoms with Crippen LogP contribution in [-0.4, -0.2) is 52.6 Å². The van der Waals surface area contributed by atoms with Crippen LogP contribution in [-0.2, 0) is 13.6 Å². The molecule has 1 aliphatic rings. The van der Waals surface area contributed by atoms with E-state index in [9.17, 15) is 10.1 Å². The van der Waals surface area contributed by atoms with E-state index in [4.69, 9.17) is 4.98 Å². The maximum absolute atomic E-state index is 13.9. The number of amides is 2. The summed E-state index contributed by atoms with van der Waals surface area (Å²) < 4.78 is 3.55. The summed E-state index contributed by atoms with van der Waals surface area (Å²) in [5, 5.41) is 20.3. The molecule has 0 bridgehead atoms. The van der Waals surface area contributed by atoms with E-state index in [-0.39, 0.29) is 11.9 Å². The van der Waals surface area contributed by atoms with E-state index in [0.29, 0.717) is 47.7 Å². The third kappa shape index (κ3) is 7.39. The average molecular weight is 626 g/mol. The highest BCUT2D eigenvalue weighted by molar-refractivity contribution is 6.03. The van der Waals surface area contributed by atoms with Gasteiger partial charge in [0.2, 0.25) is 5.95 Å². The van der Waals surface area contributed by atoms with Crippen LogP contribution in [0.1, 0.15) is 43.7 Å². The number of pyridine rings is 2. The van der Waals surface area contributed by atoms with Crippen LogP contribution in [0, 0.1) is 23.2 Å². The van der Waals surface area contributed by atoms with Crippen LogP contribution < -0.4 is 10.6 Å². The van der Waals surface area contributed by atoms with E-state index in [1.807, 2.05) is 73.9 Å². The van der Waals surface area contributed by atoms with Gasteiger partial charge in [0.15, 0.2) is 0 Å². The van der Waals surface area contributed by atoms with Crippen LogP contribution >= 0.6 is 0 Å². The van der Waals surface area contributed by atoms with Crippen molar-refractivity contribution in [1.29, 1.82) is 5.26 Å². The van der Waals surface area contributed by atoms with E-state index in [2.05, 4.69) is 43.7 Å². The van der Waals surface area contributed by atoms with Crippen molar-refractivity contribution in [3.63, 3.8) is 0 Å². The minimum Gasteiger partial charge on any atom is -0.354 e. The van der Waals surface area contributed by atoms with Gasteiger partial charge < -0.3 is 5.32 Å². The van der Waals surface area contributed by atoms with Gasteiger partial charge in [-0.05, 0) is 43.0 Å². The minimum absolute atomic E-state index is 0.180. The molecular weight excluding hydrogens is 588 g/mol. The minimum atomic E-state index is -0.180. The van der Waals surface area contributed by atoms with Gasteiger partial charge in [-0.15, -0.1) is 4.98 Å². The van der Waals surface area contributed by atoms with E-state index in [1.54, 1.807) is 27.8 Å². The highest BCUT2D eigenvalue weighted by Crippen LogP contribution is 2.43. The van der Waals surface area contributed by atoms with Crippen molar-refractivity contribution >= 4 is 23.5 Å². The third-order valence-corrected chi connectivity index (χ3v) is 8.29. The van der Waals surface area contributed by atoms with E-state index < -0.39 is 0 Å². The Hall–Kier alpha value is -5.76. The second-order valence-corrected chi connectivity index (χ2v) is 11.6. The Morgan fingerprint density at radius 3 is 2.49 bits per heavy atom. The number of nitrogens with zero attached hydrogens (tertiary/aromatic N) is 8. The molecule has 1 aliphatic carbocycles. The maximum Gasteiger partial charge on any atom is 0.441 e. The highest BCUT2D eigenvalue weighted by Gasteiger charge is 2.50. The second-order valence-electron chi connectivity index (χ2n) is 11.6. The van der Waals surface area contributed by atoms with Crippen LogP contribution in [0.3, 0.4) is 0 Å². The van der Waals surface area contributed by atoms with Crippen LogP contribution in [0.5, 0.6) is 0 Å². The zero-order valence-electron chi connectivity index (χ0n) is 26.5. The molecule has 1 unspecified atom stereocenters. The predicted molar refractivity (Wildman–Crippen MR) is 180 cm³/mol. The monoisotopic (exact) mass is 625 g/mol. The highest BCUT2D eigenvalue weighted by atomic mass is 16.2. The molecule has 1 saturated carbocycles. The third-order valence-electron chi connectivity index (χ3n) is 8.29. The van der Waals surface area contributed by atoms with Gasteiger partial charge in [0.1, 0.15) is 18.0 Å². The molecule has 11 heteroatoms. The molecule has 4 aromatic heterocycles. The molecule has 1 fully saturated rings. The van der Waals surface area contributed by atoms with E-state index in [1.165, 1.54) is 6.20 Å². The summed E-state index contributed by atoms with van der Waals surface area (Å²) in [4.78, 5) is 31.9. The average Bonchev–Trinajstić information content (AvgIpc) is 3.58. The lowest BCUT2D eigenvalue weighted by molar-refractivity contribution is -0.337. The number of urea groups is 1. The first-order valence-corrected chi connectivity index (χ1v) is 15.9. The normalized spacial score (nSPS) is 16.3. The smallest absolute Gasteiger partial charge is 0.354 e. The Kier molecular flexibility index (Phi) is 9.67. The van der Waals surface area contributed by atoms with Crippen molar-refractivity contribution in [2.45, 2.75) is 39.2 Å². The van der Waals surface area contributed by atoms with Crippen molar-refractivity contribution in [1.82, 2.24) is 35.0 Å². The van der Waals surface area contributed by atoms with E-state index in [0.717, 1.165) is 48.1 Å². The number of hydrogen-bond acceptors (Lipinski definition) is 8. The zero-order chi connectivity index (χ0) is 32.6. The second kappa shape index (κ2) is 14.6. The molecule has 2 atom stereocenters. The summed E-state index contributed by atoms with van der Waals surface area (Å²) in [7, 11) is 1.88. The number of nitriles is 1. The maximum atomic E-state index is 13.9. The van der Waals surface area contributed by atoms with Gasteiger partial charge in [-0.3, -0.25) is 15.0 Å². The largest absolute Gasteiger partial charge is 0.441 e. The molecule has 0 radical (unpaired) electrons. The predicted octanol–water partition coefficient (Wildman–Crippen LogP) is 6.14. The summed E-state index contributed by atoms with van der Waals surface area (Å²) in [6.45, 7) is 3.25. The fourth-order valence-corrected chi connectivity index (χ4v) is 5.94. The number of aromatic nitrogens is 6. The van der Waals surface area contributed by atoms with E-state index >= 15 is 0 Å². The summed E-state index contributed by atoms with van der Waals surface area (Å²) in [5.74, 6) is 1.61. The Balaban J connectivity index is 1.19. The van der Waals surface area contributed by atoms with Gasteiger partial charge in [-0.2, -0.15) is 14.9 Å². The fraction of sp³-hybridized carbons (Fsp3) is 0.278. The van der Waals surface area contributed by atoms with Gasteiger partial charge in [-0.25, -0.2) is 14.8 Å². The van der Waals surface area contributed by atoms with Crippen LogP contribution in [0.15, 0.2) is 91.6 Å². The molecule has 11 nitrogen and oxygen atoms in total. The number of rotatable bonds is 12. The van der Waals surface area contributed by atoms with Crippen LogP contribution in [0.2, 0.25) is 0 Å².